The highest BCUT2D eigenvalue weighted by Gasteiger charge is 2.09. The summed E-state index contributed by atoms with van der Waals surface area (Å²) in [5, 5.41) is 10.3. The predicted molar refractivity (Wildman–Crippen MR) is 62.1 cm³/mol. The van der Waals surface area contributed by atoms with Gasteiger partial charge in [-0.25, -0.2) is 0 Å². The number of benzene rings is 1. The van der Waals surface area contributed by atoms with Gasteiger partial charge in [-0.2, -0.15) is 0 Å². The summed E-state index contributed by atoms with van der Waals surface area (Å²) in [6.07, 6.45) is 1.45. The first-order valence-corrected chi connectivity index (χ1v) is 5.89. The average molecular weight is 237 g/mol. The molecule has 0 aliphatic carbocycles. The van der Waals surface area contributed by atoms with Gasteiger partial charge >= 0.3 is 0 Å². The first-order chi connectivity index (χ1) is 8.13. The maximum atomic E-state index is 10.3. The van der Waals surface area contributed by atoms with E-state index in [1.165, 1.54) is 0 Å². The number of hydrogen-bond acceptors (Lipinski definition) is 3. The van der Waals surface area contributed by atoms with Crippen molar-refractivity contribution in [2.24, 2.45) is 0 Å². The van der Waals surface area contributed by atoms with Gasteiger partial charge in [-0.05, 0) is 44.0 Å². The second-order valence-electron chi connectivity index (χ2n) is 3.96. The maximum Gasteiger partial charge on any atom is 0.119 e. The quantitative estimate of drug-likeness (QED) is 0.740. The van der Waals surface area contributed by atoms with Crippen LogP contribution in [0, 0.1) is 0 Å². The third kappa shape index (κ3) is 4.87. The summed E-state index contributed by atoms with van der Waals surface area (Å²) in [5.41, 5.74) is 5.13. The van der Waals surface area contributed by atoms with Crippen molar-refractivity contribution >= 4 is 5.97 Å². The first kappa shape index (κ1) is 13.5. The molecule has 0 saturated heterocycles. The van der Waals surface area contributed by atoms with Gasteiger partial charge in [0.1, 0.15) is 11.8 Å². The third-order valence-electron chi connectivity index (χ3n) is 2.60. The molecule has 0 aliphatic rings. The number of carboxylic acids is 1. The van der Waals surface area contributed by atoms with Gasteiger partial charge in [-0.15, -0.1) is 0 Å². The van der Waals surface area contributed by atoms with Crippen molar-refractivity contribution in [3.05, 3.63) is 29.8 Å². The maximum absolute atomic E-state index is 10.3. The molecule has 3 N–H and O–H groups in total. The van der Waals surface area contributed by atoms with Gasteiger partial charge in [0.15, 0.2) is 0 Å². The zero-order valence-electron chi connectivity index (χ0n) is 10.1. The van der Waals surface area contributed by atoms with Gasteiger partial charge in [0, 0.05) is 18.0 Å². The third-order valence-corrected chi connectivity index (χ3v) is 2.60. The molecule has 94 valence electrons. The van der Waals surface area contributed by atoms with Crippen LogP contribution in [0.3, 0.4) is 0 Å². The van der Waals surface area contributed by atoms with Crippen molar-refractivity contribution in [1.82, 2.24) is 0 Å². The Hall–Kier alpha value is -1.55. The van der Waals surface area contributed by atoms with Gasteiger partial charge in [-0.1, -0.05) is 0 Å². The fourth-order valence-electron chi connectivity index (χ4n) is 1.66. The van der Waals surface area contributed by atoms with Crippen molar-refractivity contribution < 1.29 is 20.4 Å². The number of carbonyl (C=O) groups is 1. The zero-order chi connectivity index (χ0) is 12.7. The van der Waals surface area contributed by atoms with E-state index in [2.05, 4.69) is 5.73 Å². The number of quaternary nitrogens is 1. The molecule has 1 rings (SSSR count). The summed E-state index contributed by atoms with van der Waals surface area (Å²) in [6, 6.07) is 7.89. The molecule has 0 amide bonds. The predicted octanol–water partition coefficient (Wildman–Crippen LogP) is 0.289. The molecule has 0 unspecified atom stereocenters. The van der Waals surface area contributed by atoms with Gasteiger partial charge in [-0.3, -0.25) is 0 Å². The fraction of sp³-hybridized carbons (Fsp3) is 0.462. The van der Waals surface area contributed by atoms with E-state index < -0.39 is 5.97 Å². The van der Waals surface area contributed by atoms with Crippen LogP contribution in [0.2, 0.25) is 0 Å². The molecule has 0 fully saturated rings. The monoisotopic (exact) mass is 237 g/mol. The molecule has 0 saturated carbocycles. The highest BCUT2D eigenvalue weighted by molar-refractivity contribution is 5.64. The van der Waals surface area contributed by atoms with E-state index in [-0.39, 0.29) is 12.5 Å². The van der Waals surface area contributed by atoms with Gasteiger partial charge in [0.25, 0.3) is 0 Å². The Morgan fingerprint density at radius 1 is 1.41 bits per heavy atom. The number of carboxylic acid groups (broad SMARTS) is 1. The van der Waals surface area contributed by atoms with E-state index in [1.807, 2.05) is 31.2 Å². The molecule has 0 aromatic heterocycles. The fourth-order valence-corrected chi connectivity index (χ4v) is 1.66. The van der Waals surface area contributed by atoms with E-state index >= 15 is 0 Å². The van der Waals surface area contributed by atoms with Crippen LogP contribution in [-0.2, 0) is 4.79 Å². The number of carbonyl (C=O) groups excluding carboxylic acids is 1. The molecule has 0 aliphatic heterocycles. The lowest BCUT2D eigenvalue weighted by Crippen LogP contribution is -2.53. The van der Waals surface area contributed by atoms with Crippen molar-refractivity contribution in [3.63, 3.8) is 0 Å². The van der Waals surface area contributed by atoms with Crippen molar-refractivity contribution in [2.75, 3.05) is 6.61 Å². The Balaban J connectivity index is 2.45. The lowest BCUT2D eigenvalue weighted by atomic mass is 10.0. The second kappa shape index (κ2) is 6.91. The Bertz CT molecular complexity index is 348. The first-order valence-electron chi connectivity index (χ1n) is 5.89. The largest absolute Gasteiger partial charge is 0.550 e. The molecule has 1 aromatic rings. The summed E-state index contributed by atoms with van der Waals surface area (Å²) in [5.74, 6) is -0.151. The standard InChI is InChI=1S/C13H19NO3/c1-2-17-11-8-6-10(7-9-11)12(14)4-3-5-13(15)16/h6-9,12H,2-5,14H2,1H3,(H,15,16)/t12-/m0/s1. The van der Waals surface area contributed by atoms with Crippen LogP contribution in [-0.4, -0.2) is 12.6 Å². The molecular formula is C13H19NO3. The molecule has 0 radical (unpaired) electrons. The number of aliphatic carboxylic acids is 1. The van der Waals surface area contributed by atoms with Gasteiger partial charge < -0.3 is 20.4 Å². The summed E-state index contributed by atoms with van der Waals surface area (Å²) < 4.78 is 5.35. The molecule has 17 heavy (non-hydrogen) atoms. The van der Waals surface area contributed by atoms with Crippen molar-refractivity contribution in [2.45, 2.75) is 32.2 Å². The van der Waals surface area contributed by atoms with Crippen LogP contribution in [0.5, 0.6) is 5.75 Å². The molecule has 1 aromatic carbocycles. The smallest absolute Gasteiger partial charge is 0.119 e. The molecule has 0 bridgehead atoms. The zero-order valence-corrected chi connectivity index (χ0v) is 10.1. The average Bonchev–Trinajstić information content (AvgIpc) is 2.30. The number of ether oxygens (including phenoxy) is 1. The summed E-state index contributed by atoms with van der Waals surface area (Å²) in [4.78, 5) is 10.3. The van der Waals surface area contributed by atoms with Gasteiger partial charge in [0.2, 0.25) is 0 Å². The topological polar surface area (TPSA) is 77.0 Å². The van der Waals surface area contributed by atoms with Crippen LogP contribution in [0.1, 0.15) is 37.8 Å². The highest BCUT2D eigenvalue weighted by Crippen LogP contribution is 2.18. The minimum Gasteiger partial charge on any atom is -0.550 e. The Kier molecular flexibility index (Phi) is 5.49. The van der Waals surface area contributed by atoms with Crippen LogP contribution < -0.4 is 15.6 Å². The minimum absolute atomic E-state index is 0.100. The highest BCUT2D eigenvalue weighted by atomic mass is 16.5. The normalized spacial score (nSPS) is 12.1. The summed E-state index contributed by atoms with van der Waals surface area (Å²) in [7, 11) is 0. The van der Waals surface area contributed by atoms with E-state index in [4.69, 9.17) is 4.74 Å². The van der Waals surface area contributed by atoms with Crippen LogP contribution in [0.4, 0.5) is 0 Å². The van der Waals surface area contributed by atoms with Gasteiger partial charge in [0.05, 0.1) is 6.61 Å². The van der Waals surface area contributed by atoms with E-state index in [0.717, 1.165) is 17.7 Å². The molecule has 1 atom stereocenters. The SMILES string of the molecule is CCOc1ccc([C@@H]([NH3+])CCCC(=O)[O-])cc1. The van der Waals surface area contributed by atoms with Crippen LogP contribution >= 0.6 is 0 Å². The summed E-state index contributed by atoms with van der Waals surface area (Å²) >= 11 is 0. The Morgan fingerprint density at radius 2 is 2.06 bits per heavy atom. The van der Waals surface area contributed by atoms with Crippen molar-refractivity contribution in [3.8, 4) is 5.75 Å². The Morgan fingerprint density at radius 3 is 2.59 bits per heavy atom. The molecule has 0 heterocycles. The molecular weight excluding hydrogens is 218 g/mol. The molecule has 0 spiro atoms. The lowest BCUT2D eigenvalue weighted by Gasteiger charge is -2.10. The van der Waals surface area contributed by atoms with E-state index in [0.29, 0.717) is 13.0 Å². The minimum atomic E-state index is -0.996. The van der Waals surface area contributed by atoms with E-state index in [1.54, 1.807) is 0 Å². The Labute approximate surface area is 101 Å². The molecule has 4 heteroatoms. The van der Waals surface area contributed by atoms with E-state index in [9.17, 15) is 9.90 Å². The molecule has 4 nitrogen and oxygen atoms in total. The van der Waals surface area contributed by atoms with Crippen molar-refractivity contribution in [1.29, 1.82) is 0 Å². The number of rotatable bonds is 7. The summed E-state index contributed by atoms with van der Waals surface area (Å²) in [6.45, 7) is 2.59. The lowest BCUT2D eigenvalue weighted by molar-refractivity contribution is -0.428. The second-order valence-corrected chi connectivity index (χ2v) is 3.96. The van der Waals surface area contributed by atoms with Crippen LogP contribution in [0.25, 0.3) is 0 Å². The number of hydrogen-bond donors (Lipinski definition) is 1. The van der Waals surface area contributed by atoms with Crippen LogP contribution in [0.15, 0.2) is 24.3 Å².